The molecule has 124 valence electrons. The van der Waals surface area contributed by atoms with Gasteiger partial charge in [-0.25, -0.2) is 23.4 Å². The number of aryl methyl sites for hydroxylation is 1. The Morgan fingerprint density at radius 2 is 1.91 bits per heavy atom. The van der Waals surface area contributed by atoms with E-state index >= 15 is 0 Å². The number of aromatic nitrogens is 3. The minimum atomic E-state index is -4.55. The van der Waals surface area contributed by atoms with Crippen LogP contribution in [0.15, 0.2) is 29.4 Å². The molecule has 2 aromatic heterocycles. The molecule has 0 saturated heterocycles. The molecule has 0 aliphatic carbocycles. The summed E-state index contributed by atoms with van der Waals surface area (Å²) in [6, 6.07) is 3.69. The normalized spacial score (nSPS) is 12.2. The standard InChI is InChI=1S/C13H13F3N4O2S/c1-8-5-10(13(14,15)16)20-12(19-8)18-7-9-3-4-11(17-6-9)23(2,21)22/h3-6H,7H2,1-2H3,(H,18,19,20). The molecule has 2 heterocycles. The van der Waals surface area contributed by atoms with Crippen LogP contribution in [0, 0.1) is 6.92 Å². The van der Waals surface area contributed by atoms with E-state index in [4.69, 9.17) is 0 Å². The number of nitrogens with zero attached hydrogens (tertiary/aromatic N) is 3. The molecule has 0 unspecified atom stereocenters. The van der Waals surface area contributed by atoms with E-state index in [2.05, 4.69) is 20.3 Å². The predicted molar refractivity (Wildman–Crippen MR) is 76.4 cm³/mol. The summed E-state index contributed by atoms with van der Waals surface area (Å²) in [5, 5.41) is 2.58. The van der Waals surface area contributed by atoms with Gasteiger partial charge < -0.3 is 5.32 Å². The van der Waals surface area contributed by atoms with E-state index < -0.39 is 21.7 Å². The molecule has 0 radical (unpaired) electrons. The van der Waals surface area contributed by atoms with E-state index in [1.165, 1.54) is 25.3 Å². The van der Waals surface area contributed by atoms with Crippen LogP contribution in [0.3, 0.4) is 0 Å². The molecule has 1 N–H and O–H groups in total. The van der Waals surface area contributed by atoms with Gasteiger partial charge in [-0.3, -0.25) is 0 Å². The van der Waals surface area contributed by atoms with Crippen molar-refractivity contribution in [3.05, 3.63) is 41.3 Å². The molecule has 0 aliphatic rings. The number of rotatable bonds is 4. The zero-order valence-electron chi connectivity index (χ0n) is 12.2. The lowest BCUT2D eigenvalue weighted by Gasteiger charge is -2.10. The number of nitrogens with one attached hydrogen (secondary N) is 1. The highest BCUT2D eigenvalue weighted by atomic mass is 32.2. The summed E-state index contributed by atoms with van der Waals surface area (Å²) in [7, 11) is -3.40. The molecule has 23 heavy (non-hydrogen) atoms. The van der Waals surface area contributed by atoms with Crippen LogP contribution in [-0.2, 0) is 22.6 Å². The molecule has 2 aromatic rings. The zero-order valence-corrected chi connectivity index (χ0v) is 13.0. The first-order valence-electron chi connectivity index (χ1n) is 6.37. The van der Waals surface area contributed by atoms with E-state index in [9.17, 15) is 21.6 Å². The Morgan fingerprint density at radius 3 is 2.43 bits per heavy atom. The number of halogens is 3. The van der Waals surface area contributed by atoms with Crippen molar-refractivity contribution < 1.29 is 21.6 Å². The van der Waals surface area contributed by atoms with Crippen LogP contribution in [0.5, 0.6) is 0 Å². The molecule has 0 spiro atoms. The zero-order chi connectivity index (χ0) is 17.3. The average molecular weight is 346 g/mol. The van der Waals surface area contributed by atoms with Crippen LogP contribution >= 0.6 is 0 Å². The molecule has 0 amide bonds. The fourth-order valence-electron chi connectivity index (χ4n) is 1.71. The van der Waals surface area contributed by atoms with Crippen LogP contribution in [0.2, 0.25) is 0 Å². The molecule has 0 atom stereocenters. The molecule has 6 nitrogen and oxygen atoms in total. The Hall–Kier alpha value is -2.23. The number of alkyl halides is 3. The molecule has 2 rings (SSSR count). The van der Waals surface area contributed by atoms with Crippen molar-refractivity contribution >= 4 is 15.8 Å². The topological polar surface area (TPSA) is 84.8 Å². The van der Waals surface area contributed by atoms with Crippen molar-refractivity contribution in [1.29, 1.82) is 0 Å². The summed E-state index contributed by atoms with van der Waals surface area (Å²) < 4.78 is 60.6. The summed E-state index contributed by atoms with van der Waals surface area (Å²) in [6.45, 7) is 1.54. The van der Waals surface area contributed by atoms with Crippen LogP contribution in [0.4, 0.5) is 19.1 Å². The Morgan fingerprint density at radius 1 is 1.22 bits per heavy atom. The highest BCUT2D eigenvalue weighted by molar-refractivity contribution is 7.90. The maximum absolute atomic E-state index is 12.7. The van der Waals surface area contributed by atoms with Crippen molar-refractivity contribution in [3.63, 3.8) is 0 Å². The van der Waals surface area contributed by atoms with Crippen LogP contribution in [0.25, 0.3) is 0 Å². The molecule has 0 fully saturated rings. The third-order valence-electron chi connectivity index (χ3n) is 2.77. The molecule has 10 heteroatoms. The number of pyridine rings is 1. The lowest BCUT2D eigenvalue weighted by molar-refractivity contribution is -0.141. The monoisotopic (exact) mass is 346 g/mol. The van der Waals surface area contributed by atoms with Crippen molar-refractivity contribution in [2.24, 2.45) is 0 Å². The second-order valence-electron chi connectivity index (χ2n) is 4.85. The fourth-order valence-corrected chi connectivity index (χ4v) is 2.27. The number of anilines is 1. The van der Waals surface area contributed by atoms with E-state index in [1.807, 2.05) is 0 Å². The maximum Gasteiger partial charge on any atom is 0.433 e. The van der Waals surface area contributed by atoms with Crippen molar-refractivity contribution in [2.75, 3.05) is 11.6 Å². The quantitative estimate of drug-likeness (QED) is 0.914. The van der Waals surface area contributed by atoms with Gasteiger partial charge >= 0.3 is 6.18 Å². The summed E-state index contributed by atoms with van der Waals surface area (Å²) in [5.74, 6) is -0.162. The first-order valence-corrected chi connectivity index (χ1v) is 8.26. The van der Waals surface area contributed by atoms with Crippen LogP contribution in [0.1, 0.15) is 17.0 Å². The first-order chi connectivity index (χ1) is 10.6. The Bertz CT molecular complexity index is 805. The predicted octanol–water partition coefficient (Wildman–Crippen LogP) is 2.21. The summed E-state index contributed by atoms with van der Waals surface area (Å²) >= 11 is 0. The third kappa shape index (κ3) is 4.62. The van der Waals surface area contributed by atoms with E-state index in [1.54, 1.807) is 0 Å². The largest absolute Gasteiger partial charge is 0.433 e. The van der Waals surface area contributed by atoms with Gasteiger partial charge in [0.25, 0.3) is 0 Å². The van der Waals surface area contributed by atoms with Crippen LogP contribution in [-0.4, -0.2) is 29.6 Å². The van der Waals surface area contributed by atoms with Gasteiger partial charge in [-0.15, -0.1) is 0 Å². The highest BCUT2D eigenvalue weighted by Gasteiger charge is 2.33. The van der Waals surface area contributed by atoms with E-state index in [-0.39, 0.29) is 23.2 Å². The molecule has 0 bridgehead atoms. The Kier molecular flexibility index (Phi) is 4.55. The molecule has 0 aromatic carbocycles. The average Bonchev–Trinajstić information content (AvgIpc) is 2.43. The van der Waals surface area contributed by atoms with E-state index in [0.29, 0.717) is 5.56 Å². The smallest absolute Gasteiger partial charge is 0.350 e. The van der Waals surface area contributed by atoms with Gasteiger partial charge in [0.1, 0.15) is 5.69 Å². The van der Waals surface area contributed by atoms with Gasteiger partial charge in [0.05, 0.1) is 0 Å². The van der Waals surface area contributed by atoms with Crippen molar-refractivity contribution in [2.45, 2.75) is 24.7 Å². The van der Waals surface area contributed by atoms with Crippen LogP contribution < -0.4 is 5.32 Å². The van der Waals surface area contributed by atoms with Crippen molar-refractivity contribution in [1.82, 2.24) is 15.0 Å². The van der Waals surface area contributed by atoms with Gasteiger partial charge in [0.2, 0.25) is 5.95 Å². The molecule has 0 aliphatic heterocycles. The van der Waals surface area contributed by atoms with Crippen molar-refractivity contribution in [3.8, 4) is 0 Å². The lowest BCUT2D eigenvalue weighted by Crippen LogP contribution is -2.13. The van der Waals surface area contributed by atoms with Gasteiger partial charge in [0.15, 0.2) is 14.9 Å². The second-order valence-corrected chi connectivity index (χ2v) is 6.81. The Balaban J connectivity index is 2.14. The Labute approximate surface area is 130 Å². The summed E-state index contributed by atoms with van der Waals surface area (Å²) in [5.41, 5.74) is -0.269. The van der Waals surface area contributed by atoms with E-state index in [0.717, 1.165) is 12.3 Å². The minimum absolute atomic E-state index is 0.0765. The highest BCUT2D eigenvalue weighted by Crippen LogP contribution is 2.28. The third-order valence-corrected chi connectivity index (χ3v) is 3.77. The summed E-state index contributed by atoms with van der Waals surface area (Å²) in [6.07, 6.45) is -2.20. The SMILES string of the molecule is Cc1cc(C(F)(F)F)nc(NCc2ccc(S(C)(=O)=O)nc2)n1. The summed E-state index contributed by atoms with van der Waals surface area (Å²) in [4.78, 5) is 11.1. The number of hydrogen-bond donors (Lipinski definition) is 1. The van der Waals surface area contributed by atoms with Gasteiger partial charge in [-0.2, -0.15) is 13.2 Å². The number of hydrogen-bond acceptors (Lipinski definition) is 6. The van der Waals surface area contributed by atoms with Gasteiger partial charge in [-0.1, -0.05) is 6.07 Å². The lowest BCUT2D eigenvalue weighted by atomic mass is 10.3. The number of sulfone groups is 1. The van der Waals surface area contributed by atoms with Gasteiger partial charge in [0, 0.05) is 24.7 Å². The maximum atomic E-state index is 12.7. The molecular weight excluding hydrogens is 333 g/mol. The second kappa shape index (κ2) is 6.11. The van der Waals surface area contributed by atoms with Gasteiger partial charge in [-0.05, 0) is 24.6 Å². The molecule has 0 saturated carbocycles. The first kappa shape index (κ1) is 17.1. The minimum Gasteiger partial charge on any atom is -0.350 e. The fraction of sp³-hybridized carbons (Fsp3) is 0.308. The molecular formula is C13H13F3N4O2S.